The van der Waals surface area contributed by atoms with E-state index in [1.165, 1.54) is 23.5 Å². The molecule has 1 N–H and O–H groups in total. The van der Waals surface area contributed by atoms with Crippen molar-refractivity contribution in [3.63, 3.8) is 0 Å². The second kappa shape index (κ2) is 5.61. The third-order valence-electron chi connectivity index (χ3n) is 2.36. The fourth-order valence-electron chi connectivity index (χ4n) is 1.53. The maximum Gasteiger partial charge on any atom is 0.418 e. The second-order valence-electron chi connectivity index (χ2n) is 3.77. The monoisotopic (exact) mass is 325 g/mol. The lowest BCUT2D eigenvalue weighted by Crippen LogP contribution is -2.10. The van der Waals surface area contributed by atoms with Crippen LogP contribution >= 0.6 is 34.5 Å². The summed E-state index contributed by atoms with van der Waals surface area (Å²) in [5, 5.41) is 5.11. The number of halogens is 5. The number of benzene rings is 1. The molecule has 0 aliphatic carbocycles. The van der Waals surface area contributed by atoms with Crippen molar-refractivity contribution in [2.75, 3.05) is 5.32 Å². The Balaban J connectivity index is 2.20. The van der Waals surface area contributed by atoms with Crippen molar-refractivity contribution in [3.05, 3.63) is 50.1 Å². The van der Waals surface area contributed by atoms with Crippen LogP contribution < -0.4 is 5.32 Å². The SMILES string of the molecule is FC(F)(F)c1cc(Cl)ccc1NCc1cc(Cl)cs1. The smallest absolute Gasteiger partial charge is 0.380 e. The van der Waals surface area contributed by atoms with Gasteiger partial charge in [0.2, 0.25) is 0 Å². The van der Waals surface area contributed by atoms with E-state index in [4.69, 9.17) is 23.2 Å². The molecule has 0 atom stereocenters. The quantitative estimate of drug-likeness (QED) is 0.764. The van der Waals surface area contributed by atoms with E-state index < -0.39 is 11.7 Å². The summed E-state index contributed by atoms with van der Waals surface area (Å²) >= 11 is 12.7. The third-order valence-corrected chi connectivity index (χ3v) is 3.88. The van der Waals surface area contributed by atoms with Gasteiger partial charge in [-0.1, -0.05) is 23.2 Å². The standard InChI is InChI=1S/C12H8Cl2F3NS/c13-7-1-2-11(10(4-7)12(15,16)17)18-5-9-3-8(14)6-19-9/h1-4,6,18H,5H2. The van der Waals surface area contributed by atoms with Gasteiger partial charge in [0, 0.05) is 27.5 Å². The van der Waals surface area contributed by atoms with Gasteiger partial charge in [0.15, 0.2) is 0 Å². The van der Waals surface area contributed by atoms with Gasteiger partial charge >= 0.3 is 6.18 Å². The summed E-state index contributed by atoms with van der Waals surface area (Å²) in [7, 11) is 0. The predicted molar refractivity (Wildman–Crippen MR) is 73.1 cm³/mol. The summed E-state index contributed by atoms with van der Waals surface area (Å²) in [6.07, 6.45) is -4.44. The van der Waals surface area contributed by atoms with Crippen molar-refractivity contribution < 1.29 is 13.2 Å². The van der Waals surface area contributed by atoms with Crippen molar-refractivity contribution in [1.82, 2.24) is 0 Å². The molecule has 7 heteroatoms. The largest absolute Gasteiger partial charge is 0.418 e. The first kappa shape index (κ1) is 14.5. The summed E-state index contributed by atoms with van der Waals surface area (Å²) in [4.78, 5) is 0.855. The molecule has 0 spiro atoms. The summed E-state index contributed by atoms with van der Waals surface area (Å²) in [5.74, 6) is 0. The van der Waals surface area contributed by atoms with Gasteiger partial charge in [-0.25, -0.2) is 0 Å². The van der Waals surface area contributed by atoms with Crippen LogP contribution in [-0.2, 0) is 12.7 Å². The molecule has 1 nitrogen and oxygen atoms in total. The molecule has 0 bridgehead atoms. The van der Waals surface area contributed by atoms with Crippen LogP contribution in [0.2, 0.25) is 10.0 Å². The Bertz CT molecular complexity index is 581. The Hall–Kier alpha value is -0.910. The van der Waals surface area contributed by atoms with Gasteiger partial charge in [-0.15, -0.1) is 11.3 Å². The molecule has 2 aromatic rings. The Kier molecular flexibility index (Phi) is 4.28. The molecule has 0 aliphatic heterocycles. The number of nitrogens with one attached hydrogen (secondary N) is 1. The molecule has 19 heavy (non-hydrogen) atoms. The average Bonchev–Trinajstić information content (AvgIpc) is 2.72. The molecule has 2 rings (SSSR count). The lowest BCUT2D eigenvalue weighted by Gasteiger charge is -2.14. The van der Waals surface area contributed by atoms with Gasteiger partial charge in [-0.2, -0.15) is 13.2 Å². The number of hydrogen-bond acceptors (Lipinski definition) is 2. The van der Waals surface area contributed by atoms with E-state index in [1.807, 2.05) is 0 Å². The van der Waals surface area contributed by atoms with Gasteiger partial charge in [0.1, 0.15) is 0 Å². The molecule has 1 heterocycles. The lowest BCUT2D eigenvalue weighted by molar-refractivity contribution is -0.136. The zero-order valence-corrected chi connectivity index (χ0v) is 11.7. The summed E-state index contributed by atoms with van der Waals surface area (Å²) in [6, 6.07) is 5.36. The molecule has 0 saturated heterocycles. The maximum atomic E-state index is 12.8. The first-order valence-electron chi connectivity index (χ1n) is 5.20. The fourth-order valence-corrected chi connectivity index (χ4v) is 2.72. The fraction of sp³-hybridized carbons (Fsp3) is 0.167. The highest BCUT2D eigenvalue weighted by Crippen LogP contribution is 2.36. The second-order valence-corrected chi connectivity index (χ2v) is 5.64. The van der Waals surface area contributed by atoms with Gasteiger partial charge in [0.25, 0.3) is 0 Å². The van der Waals surface area contributed by atoms with Gasteiger partial charge < -0.3 is 5.32 Å². The van der Waals surface area contributed by atoms with Crippen molar-refractivity contribution in [2.45, 2.75) is 12.7 Å². The normalized spacial score (nSPS) is 11.6. The highest BCUT2D eigenvalue weighted by Gasteiger charge is 2.33. The number of thiophene rings is 1. The van der Waals surface area contributed by atoms with Gasteiger partial charge in [-0.05, 0) is 24.3 Å². The minimum Gasteiger partial charge on any atom is -0.380 e. The van der Waals surface area contributed by atoms with Crippen LogP contribution in [0.4, 0.5) is 18.9 Å². The molecule has 102 valence electrons. The topological polar surface area (TPSA) is 12.0 Å². The molecule has 1 aromatic heterocycles. The Labute approximate surface area is 122 Å². The Morgan fingerprint density at radius 1 is 1.11 bits per heavy atom. The van der Waals surface area contributed by atoms with Crippen molar-refractivity contribution >= 4 is 40.2 Å². The van der Waals surface area contributed by atoms with Gasteiger partial charge in [0.05, 0.1) is 10.6 Å². The molecule has 0 aliphatic rings. The molecular weight excluding hydrogens is 318 g/mol. The molecule has 0 amide bonds. The van der Waals surface area contributed by atoms with E-state index in [0.717, 1.165) is 10.9 Å². The number of hydrogen-bond donors (Lipinski definition) is 1. The van der Waals surface area contributed by atoms with Crippen LogP contribution in [-0.4, -0.2) is 0 Å². The van der Waals surface area contributed by atoms with E-state index in [-0.39, 0.29) is 17.3 Å². The van der Waals surface area contributed by atoms with Crippen molar-refractivity contribution in [1.29, 1.82) is 0 Å². The highest BCUT2D eigenvalue weighted by atomic mass is 35.5. The molecule has 0 saturated carbocycles. The summed E-state index contributed by atoms with van der Waals surface area (Å²) in [5.41, 5.74) is -0.774. The molecule has 0 radical (unpaired) electrons. The molecule has 1 aromatic carbocycles. The van der Waals surface area contributed by atoms with Crippen molar-refractivity contribution in [2.24, 2.45) is 0 Å². The van der Waals surface area contributed by atoms with Gasteiger partial charge in [-0.3, -0.25) is 0 Å². The van der Waals surface area contributed by atoms with E-state index in [0.29, 0.717) is 5.02 Å². The van der Waals surface area contributed by atoms with Crippen LogP contribution in [0.1, 0.15) is 10.4 Å². The minimum absolute atomic E-state index is 0.00132. The number of anilines is 1. The van der Waals surface area contributed by atoms with Crippen LogP contribution in [0.3, 0.4) is 0 Å². The summed E-state index contributed by atoms with van der Waals surface area (Å²) < 4.78 is 38.5. The van der Waals surface area contributed by atoms with E-state index in [1.54, 1.807) is 11.4 Å². The zero-order valence-electron chi connectivity index (χ0n) is 9.39. The molecular formula is C12H8Cl2F3NS. The van der Waals surface area contributed by atoms with E-state index in [9.17, 15) is 13.2 Å². The highest BCUT2D eigenvalue weighted by molar-refractivity contribution is 7.10. The third kappa shape index (κ3) is 3.78. The Morgan fingerprint density at radius 3 is 2.42 bits per heavy atom. The molecule has 0 unspecified atom stereocenters. The maximum absolute atomic E-state index is 12.8. The number of rotatable bonds is 3. The van der Waals surface area contributed by atoms with Crippen LogP contribution in [0, 0.1) is 0 Å². The van der Waals surface area contributed by atoms with Crippen molar-refractivity contribution in [3.8, 4) is 0 Å². The predicted octanol–water partition coefficient (Wildman–Crippen LogP) is 5.69. The number of alkyl halides is 3. The molecule has 0 fully saturated rings. The van der Waals surface area contributed by atoms with E-state index >= 15 is 0 Å². The minimum atomic E-state index is -4.44. The lowest BCUT2D eigenvalue weighted by atomic mass is 10.1. The average molecular weight is 326 g/mol. The Morgan fingerprint density at radius 2 is 1.84 bits per heavy atom. The van der Waals surface area contributed by atoms with E-state index in [2.05, 4.69) is 5.32 Å². The first-order chi connectivity index (χ1) is 8.86. The van der Waals surface area contributed by atoms with Crippen LogP contribution in [0.15, 0.2) is 29.6 Å². The van der Waals surface area contributed by atoms with Crippen LogP contribution in [0.5, 0.6) is 0 Å². The first-order valence-corrected chi connectivity index (χ1v) is 6.83. The summed E-state index contributed by atoms with van der Waals surface area (Å²) in [6.45, 7) is 0.280. The van der Waals surface area contributed by atoms with Crippen LogP contribution in [0.25, 0.3) is 0 Å². The zero-order chi connectivity index (χ0) is 14.0.